The number of nitrogens with zero attached hydrogens (tertiary/aromatic N) is 3. The van der Waals surface area contributed by atoms with Crippen molar-refractivity contribution in [3.8, 4) is 5.69 Å². The Labute approximate surface area is 165 Å². The predicted octanol–water partition coefficient (Wildman–Crippen LogP) is 4.15. The molecule has 0 aliphatic heterocycles. The van der Waals surface area contributed by atoms with Crippen molar-refractivity contribution in [3.05, 3.63) is 76.1 Å². The number of likely N-dealkylation sites (N-methyl/N-ethyl adjacent to an activating group) is 1. The number of carbonyl (C=O) groups excluding carboxylic acids is 1. The molecule has 3 aromatic rings. The number of hydrogen-bond acceptors (Lipinski definition) is 3. The Bertz CT molecular complexity index is 939. The Morgan fingerprint density at radius 1 is 1.22 bits per heavy atom. The van der Waals surface area contributed by atoms with E-state index in [0.29, 0.717) is 18.1 Å². The van der Waals surface area contributed by atoms with Gasteiger partial charge >= 0.3 is 0 Å². The first-order chi connectivity index (χ1) is 12.9. The van der Waals surface area contributed by atoms with Gasteiger partial charge < -0.3 is 5.32 Å². The molecule has 1 heterocycles. The van der Waals surface area contributed by atoms with E-state index in [9.17, 15) is 9.18 Å². The van der Waals surface area contributed by atoms with Gasteiger partial charge in [0.25, 0.3) is 0 Å². The van der Waals surface area contributed by atoms with E-state index >= 15 is 0 Å². The maximum absolute atomic E-state index is 13.2. The fourth-order valence-corrected chi connectivity index (χ4v) is 3.18. The van der Waals surface area contributed by atoms with E-state index in [-0.39, 0.29) is 18.3 Å². The molecule has 7 heteroatoms. The summed E-state index contributed by atoms with van der Waals surface area (Å²) in [5, 5.41) is 7.27. The zero-order valence-electron chi connectivity index (χ0n) is 15.1. The van der Waals surface area contributed by atoms with Crippen LogP contribution in [0.5, 0.6) is 0 Å². The van der Waals surface area contributed by atoms with Crippen molar-refractivity contribution in [1.29, 1.82) is 0 Å². The van der Waals surface area contributed by atoms with Gasteiger partial charge in [-0.15, -0.1) is 0 Å². The van der Waals surface area contributed by atoms with Crippen LogP contribution in [-0.4, -0.2) is 34.2 Å². The van der Waals surface area contributed by atoms with Crippen LogP contribution in [0.4, 0.5) is 10.2 Å². The van der Waals surface area contributed by atoms with Crippen molar-refractivity contribution in [2.24, 2.45) is 0 Å². The number of anilines is 1. The van der Waals surface area contributed by atoms with E-state index < -0.39 is 0 Å². The summed E-state index contributed by atoms with van der Waals surface area (Å²) in [6, 6.07) is 15.7. The summed E-state index contributed by atoms with van der Waals surface area (Å²) >= 11 is 3.52. The summed E-state index contributed by atoms with van der Waals surface area (Å²) in [6.45, 7) is 2.72. The van der Waals surface area contributed by atoms with E-state index in [2.05, 4.69) is 26.3 Å². The number of halogens is 2. The van der Waals surface area contributed by atoms with Gasteiger partial charge in [-0.3, -0.25) is 9.69 Å². The third-order valence-corrected chi connectivity index (χ3v) is 4.76. The minimum atomic E-state index is -0.318. The number of aromatic nitrogens is 2. The molecule has 0 aliphatic rings. The average Bonchev–Trinajstić information content (AvgIpc) is 2.97. The number of nitrogens with one attached hydrogen (secondary N) is 1. The lowest BCUT2D eigenvalue weighted by Crippen LogP contribution is -2.30. The molecule has 0 saturated carbocycles. The Morgan fingerprint density at radius 2 is 1.93 bits per heavy atom. The highest BCUT2D eigenvalue weighted by molar-refractivity contribution is 9.10. The van der Waals surface area contributed by atoms with Gasteiger partial charge in [-0.25, -0.2) is 9.07 Å². The van der Waals surface area contributed by atoms with Crippen LogP contribution in [-0.2, 0) is 11.3 Å². The van der Waals surface area contributed by atoms with Gasteiger partial charge in [0.2, 0.25) is 5.91 Å². The van der Waals surface area contributed by atoms with Crippen LogP contribution in [0.25, 0.3) is 5.69 Å². The molecular formula is C20H20BrFN4O. The lowest BCUT2D eigenvalue weighted by atomic mass is 10.2. The number of hydrogen-bond donors (Lipinski definition) is 1. The van der Waals surface area contributed by atoms with Crippen LogP contribution >= 0.6 is 15.9 Å². The van der Waals surface area contributed by atoms with Gasteiger partial charge in [0.1, 0.15) is 11.6 Å². The molecule has 5 nitrogen and oxygen atoms in total. The van der Waals surface area contributed by atoms with E-state index in [1.54, 1.807) is 22.9 Å². The SMILES string of the molecule is Cc1cc(NC(=O)CN(C)Cc2ccccc2Br)n(-c2ccc(F)cc2)n1. The first-order valence-corrected chi connectivity index (χ1v) is 9.26. The smallest absolute Gasteiger partial charge is 0.239 e. The van der Waals surface area contributed by atoms with Crippen molar-refractivity contribution < 1.29 is 9.18 Å². The van der Waals surface area contributed by atoms with Gasteiger partial charge in [-0.05, 0) is 49.9 Å². The molecule has 0 spiro atoms. The van der Waals surface area contributed by atoms with Gasteiger partial charge in [0, 0.05) is 17.1 Å². The second kappa shape index (κ2) is 8.45. The average molecular weight is 431 g/mol. The van der Waals surface area contributed by atoms with Crippen molar-refractivity contribution in [3.63, 3.8) is 0 Å². The second-order valence-electron chi connectivity index (χ2n) is 6.37. The molecule has 2 aromatic carbocycles. The fraction of sp³-hybridized carbons (Fsp3) is 0.200. The molecule has 1 N–H and O–H groups in total. The molecule has 0 bridgehead atoms. The standard InChI is InChI=1S/C20H20BrFN4O/c1-14-11-19(26(24-14)17-9-7-16(22)8-10-17)23-20(27)13-25(2)12-15-5-3-4-6-18(15)21/h3-11H,12-13H2,1-2H3,(H,23,27). The molecule has 0 unspecified atom stereocenters. The lowest BCUT2D eigenvalue weighted by Gasteiger charge is -2.17. The Balaban J connectivity index is 1.67. The van der Waals surface area contributed by atoms with Gasteiger partial charge in [-0.2, -0.15) is 5.10 Å². The highest BCUT2D eigenvalue weighted by Gasteiger charge is 2.13. The first kappa shape index (κ1) is 19.3. The molecule has 1 aromatic heterocycles. The largest absolute Gasteiger partial charge is 0.309 e. The van der Waals surface area contributed by atoms with Crippen molar-refractivity contribution in [2.75, 3.05) is 18.9 Å². The number of carbonyl (C=O) groups is 1. The molecule has 0 atom stereocenters. The maximum atomic E-state index is 13.2. The minimum absolute atomic E-state index is 0.146. The summed E-state index contributed by atoms with van der Waals surface area (Å²) in [5.74, 6) is 0.0909. The van der Waals surface area contributed by atoms with E-state index in [1.807, 2.05) is 43.1 Å². The van der Waals surface area contributed by atoms with Crippen LogP contribution in [0.3, 0.4) is 0 Å². The fourth-order valence-electron chi connectivity index (χ4n) is 2.77. The highest BCUT2D eigenvalue weighted by atomic mass is 79.9. The quantitative estimate of drug-likeness (QED) is 0.638. The first-order valence-electron chi connectivity index (χ1n) is 8.47. The van der Waals surface area contributed by atoms with E-state index in [4.69, 9.17) is 0 Å². The molecule has 0 radical (unpaired) electrons. The van der Waals surface area contributed by atoms with Crippen LogP contribution in [0.2, 0.25) is 0 Å². The Kier molecular flexibility index (Phi) is 6.03. The van der Waals surface area contributed by atoms with Crippen LogP contribution in [0.15, 0.2) is 59.1 Å². The topological polar surface area (TPSA) is 50.2 Å². The molecule has 0 fully saturated rings. The lowest BCUT2D eigenvalue weighted by molar-refractivity contribution is -0.117. The highest BCUT2D eigenvalue weighted by Crippen LogP contribution is 2.19. The van der Waals surface area contributed by atoms with Gasteiger partial charge in [-0.1, -0.05) is 34.1 Å². The summed E-state index contributed by atoms with van der Waals surface area (Å²) in [4.78, 5) is 14.4. The molecule has 27 heavy (non-hydrogen) atoms. The second-order valence-corrected chi connectivity index (χ2v) is 7.23. The number of rotatable bonds is 6. The normalized spacial score (nSPS) is 11.0. The number of amides is 1. The molecule has 140 valence electrons. The summed E-state index contributed by atoms with van der Waals surface area (Å²) in [5.41, 5.74) is 2.55. The third-order valence-electron chi connectivity index (χ3n) is 3.98. The zero-order valence-corrected chi connectivity index (χ0v) is 16.7. The predicted molar refractivity (Wildman–Crippen MR) is 107 cm³/mol. The van der Waals surface area contributed by atoms with Crippen molar-refractivity contribution in [1.82, 2.24) is 14.7 Å². The molecule has 0 aliphatic carbocycles. The number of benzene rings is 2. The van der Waals surface area contributed by atoms with Crippen molar-refractivity contribution >= 4 is 27.7 Å². The Morgan fingerprint density at radius 3 is 2.63 bits per heavy atom. The summed E-state index contributed by atoms with van der Waals surface area (Å²) in [6.07, 6.45) is 0. The van der Waals surface area contributed by atoms with Crippen LogP contribution < -0.4 is 5.32 Å². The van der Waals surface area contributed by atoms with Gasteiger partial charge in [0.15, 0.2) is 0 Å². The molecule has 0 saturated heterocycles. The number of aryl methyl sites for hydroxylation is 1. The monoisotopic (exact) mass is 430 g/mol. The zero-order chi connectivity index (χ0) is 19.4. The minimum Gasteiger partial charge on any atom is -0.309 e. The Hall–Kier alpha value is -2.51. The molecule has 3 rings (SSSR count). The molecular weight excluding hydrogens is 411 g/mol. The summed E-state index contributed by atoms with van der Waals surface area (Å²) in [7, 11) is 1.89. The van der Waals surface area contributed by atoms with E-state index in [1.165, 1.54) is 12.1 Å². The molecule has 1 amide bonds. The van der Waals surface area contributed by atoms with Crippen LogP contribution in [0, 0.1) is 12.7 Å². The maximum Gasteiger partial charge on any atom is 0.239 e. The third kappa shape index (κ3) is 5.02. The van der Waals surface area contributed by atoms with E-state index in [0.717, 1.165) is 15.7 Å². The van der Waals surface area contributed by atoms with Gasteiger partial charge in [0.05, 0.1) is 17.9 Å². The summed E-state index contributed by atoms with van der Waals surface area (Å²) < 4.78 is 15.8. The van der Waals surface area contributed by atoms with Crippen molar-refractivity contribution in [2.45, 2.75) is 13.5 Å². The van der Waals surface area contributed by atoms with Crippen LogP contribution in [0.1, 0.15) is 11.3 Å².